The highest BCUT2D eigenvalue weighted by Crippen LogP contribution is 2.33. The number of unbranched alkanes of at least 4 members (excludes halogenated alkanes) is 1. The van der Waals surface area contributed by atoms with E-state index in [2.05, 4.69) is 33.8 Å². The molecule has 4 aromatic rings. The molecule has 0 aliphatic carbocycles. The molecule has 0 bridgehead atoms. The van der Waals surface area contributed by atoms with Gasteiger partial charge in [-0.05, 0) is 49.4 Å². The molecule has 164 valence electrons. The SMILES string of the molecule is CCCCN1CCN(c2ccc3nc(-c4ccc(Cl)cc4)c(-c4ccncc4)n3n2)CC1. The zero-order chi connectivity index (χ0) is 21.9. The predicted molar refractivity (Wildman–Crippen MR) is 130 cm³/mol. The molecule has 1 saturated heterocycles. The number of hydrogen-bond acceptors (Lipinski definition) is 5. The minimum absolute atomic E-state index is 0.710. The first-order valence-electron chi connectivity index (χ1n) is 11.3. The molecule has 32 heavy (non-hydrogen) atoms. The fourth-order valence-electron chi connectivity index (χ4n) is 4.25. The number of imidazole rings is 1. The van der Waals surface area contributed by atoms with Gasteiger partial charge in [-0.1, -0.05) is 37.1 Å². The third-order valence-electron chi connectivity index (χ3n) is 6.06. The van der Waals surface area contributed by atoms with E-state index in [4.69, 9.17) is 21.7 Å². The van der Waals surface area contributed by atoms with Crippen LogP contribution in [0.15, 0.2) is 60.9 Å². The monoisotopic (exact) mass is 446 g/mol. The van der Waals surface area contributed by atoms with Crippen molar-refractivity contribution in [3.05, 3.63) is 65.9 Å². The number of piperazine rings is 1. The third-order valence-corrected chi connectivity index (χ3v) is 6.31. The fraction of sp³-hybridized carbons (Fsp3) is 0.320. The molecule has 4 heterocycles. The number of halogens is 1. The second-order valence-electron chi connectivity index (χ2n) is 8.20. The quantitative estimate of drug-likeness (QED) is 0.415. The molecule has 6 nitrogen and oxygen atoms in total. The maximum absolute atomic E-state index is 6.12. The van der Waals surface area contributed by atoms with E-state index in [-0.39, 0.29) is 0 Å². The topological polar surface area (TPSA) is 49.6 Å². The molecule has 1 aliphatic rings. The maximum atomic E-state index is 6.12. The van der Waals surface area contributed by atoms with Gasteiger partial charge in [-0.3, -0.25) is 9.88 Å². The second-order valence-corrected chi connectivity index (χ2v) is 8.63. The second kappa shape index (κ2) is 9.27. The molecule has 3 aromatic heterocycles. The molecular weight excluding hydrogens is 420 g/mol. The van der Waals surface area contributed by atoms with Gasteiger partial charge in [0.1, 0.15) is 11.5 Å². The molecule has 5 rings (SSSR count). The molecular formula is C25H27ClN6. The fourth-order valence-corrected chi connectivity index (χ4v) is 4.38. The Morgan fingerprint density at radius 3 is 2.34 bits per heavy atom. The van der Waals surface area contributed by atoms with Crippen LogP contribution in [0.5, 0.6) is 0 Å². The van der Waals surface area contributed by atoms with Gasteiger partial charge in [0.05, 0.1) is 5.69 Å². The largest absolute Gasteiger partial charge is 0.353 e. The van der Waals surface area contributed by atoms with Gasteiger partial charge in [-0.25, -0.2) is 9.50 Å². The summed E-state index contributed by atoms with van der Waals surface area (Å²) in [6, 6.07) is 16.0. The lowest BCUT2D eigenvalue weighted by atomic mass is 10.1. The average molecular weight is 447 g/mol. The van der Waals surface area contributed by atoms with Gasteiger partial charge in [0, 0.05) is 54.7 Å². The molecule has 0 N–H and O–H groups in total. The minimum Gasteiger partial charge on any atom is -0.353 e. The molecule has 0 atom stereocenters. The number of nitrogens with zero attached hydrogens (tertiary/aromatic N) is 6. The van der Waals surface area contributed by atoms with Crippen molar-refractivity contribution < 1.29 is 0 Å². The van der Waals surface area contributed by atoms with Gasteiger partial charge < -0.3 is 4.90 Å². The highest BCUT2D eigenvalue weighted by molar-refractivity contribution is 6.30. The van der Waals surface area contributed by atoms with Crippen molar-refractivity contribution in [3.8, 4) is 22.5 Å². The highest BCUT2D eigenvalue weighted by Gasteiger charge is 2.21. The standard InChI is InChI=1S/C25H27ClN6/c1-2-3-14-30-15-17-31(18-16-30)23-9-8-22-28-24(19-4-6-21(26)7-5-19)25(32(22)29-23)20-10-12-27-13-11-20/h4-13H,2-3,14-18H2,1H3. The zero-order valence-electron chi connectivity index (χ0n) is 18.3. The van der Waals surface area contributed by atoms with E-state index in [0.717, 1.165) is 60.2 Å². The van der Waals surface area contributed by atoms with Crippen LogP contribution in [0.2, 0.25) is 5.02 Å². The van der Waals surface area contributed by atoms with Gasteiger partial charge in [0.2, 0.25) is 0 Å². The van der Waals surface area contributed by atoms with Gasteiger partial charge in [-0.15, -0.1) is 5.10 Å². The summed E-state index contributed by atoms with van der Waals surface area (Å²) in [5, 5.41) is 5.75. The molecule has 0 saturated carbocycles. The number of fused-ring (bicyclic) bond motifs is 1. The average Bonchev–Trinajstić information content (AvgIpc) is 3.23. The summed E-state index contributed by atoms with van der Waals surface area (Å²) in [6.07, 6.45) is 6.12. The number of pyridine rings is 1. The first-order chi connectivity index (χ1) is 15.7. The molecule has 1 fully saturated rings. The van der Waals surface area contributed by atoms with Crippen LogP contribution in [-0.4, -0.2) is 57.2 Å². The molecule has 0 unspecified atom stereocenters. The Labute approximate surface area is 193 Å². The van der Waals surface area contributed by atoms with Crippen molar-refractivity contribution in [2.75, 3.05) is 37.6 Å². The lowest BCUT2D eigenvalue weighted by Gasteiger charge is -2.35. The molecule has 1 aliphatic heterocycles. The smallest absolute Gasteiger partial charge is 0.155 e. The van der Waals surface area contributed by atoms with Crippen molar-refractivity contribution in [3.63, 3.8) is 0 Å². The van der Waals surface area contributed by atoms with Gasteiger partial charge in [0.15, 0.2) is 5.65 Å². The van der Waals surface area contributed by atoms with Crippen molar-refractivity contribution in [2.45, 2.75) is 19.8 Å². The van der Waals surface area contributed by atoms with Crippen molar-refractivity contribution in [1.82, 2.24) is 24.5 Å². The zero-order valence-corrected chi connectivity index (χ0v) is 19.0. The summed E-state index contributed by atoms with van der Waals surface area (Å²) in [4.78, 5) is 14.0. The van der Waals surface area contributed by atoms with Gasteiger partial charge in [-0.2, -0.15) is 0 Å². The molecule has 7 heteroatoms. The van der Waals surface area contributed by atoms with E-state index in [9.17, 15) is 0 Å². The maximum Gasteiger partial charge on any atom is 0.155 e. The van der Waals surface area contributed by atoms with E-state index < -0.39 is 0 Å². The summed E-state index contributed by atoms with van der Waals surface area (Å²) in [7, 11) is 0. The molecule has 0 radical (unpaired) electrons. The normalized spacial score (nSPS) is 14.9. The molecule has 0 spiro atoms. The third kappa shape index (κ3) is 4.20. The van der Waals surface area contributed by atoms with Crippen LogP contribution < -0.4 is 4.90 Å². The van der Waals surface area contributed by atoms with Crippen LogP contribution in [-0.2, 0) is 0 Å². The summed E-state index contributed by atoms with van der Waals surface area (Å²) < 4.78 is 1.97. The van der Waals surface area contributed by atoms with Crippen LogP contribution in [0.25, 0.3) is 28.2 Å². The number of anilines is 1. The van der Waals surface area contributed by atoms with Crippen LogP contribution >= 0.6 is 11.6 Å². The van der Waals surface area contributed by atoms with E-state index in [1.54, 1.807) is 12.4 Å². The first kappa shape index (κ1) is 20.9. The Bertz CT molecular complexity index is 1180. The van der Waals surface area contributed by atoms with Crippen molar-refractivity contribution in [1.29, 1.82) is 0 Å². The predicted octanol–water partition coefficient (Wildman–Crippen LogP) is 5.03. The highest BCUT2D eigenvalue weighted by atomic mass is 35.5. The number of hydrogen-bond donors (Lipinski definition) is 0. The summed E-state index contributed by atoms with van der Waals surface area (Å²) in [5.41, 5.74) is 4.73. The van der Waals surface area contributed by atoms with E-state index in [1.165, 1.54) is 19.4 Å². The van der Waals surface area contributed by atoms with E-state index in [1.807, 2.05) is 40.9 Å². The number of benzene rings is 1. The summed E-state index contributed by atoms with van der Waals surface area (Å²) in [5.74, 6) is 0.989. The molecule has 1 aromatic carbocycles. The Hall–Kier alpha value is -2.96. The summed E-state index contributed by atoms with van der Waals surface area (Å²) >= 11 is 6.12. The number of aromatic nitrogens is 4. The van der Waals surface area contributed by atoms with Gasteiger partial charge >= 0.3 is 0 Å². The Kier molecular flexibility index (Phi) is 6.06. The molecule has 0 amide bonds. The van der Waals surface area contributed by atoms with Crippen LogP contribution in [0.1, 0.15) is 19.8 Å². The lowest BCUT2D eigenvalue weighted by molar-refractivity contribution is 0.253. The van der Waals surface area contributed by atoms with Gasteiger partial charge in [0.25, 0.3) is 0 Å². The van der Waals surface area contributed by atoms with Crippen molar-refractivity contribution >= 4 is 23.1 Å². The van der Waals surface area contributed by atoms with Crippen molar-refractivity contribution in [2.24, 2.45) is 0 Å². The Morgan fingerprint density at radius 1 is 0.875 bits per heavy atom. The number of rotatable bonds is 6. The first-order valence-corrected chi connectivity index (χ1v) is 11.6. The van der Waals surface area contributed by atoms with E-state index in [0.29, 0.717) is 5.02 Å². The van der Waals surface area contributed by atoms with Crippen LogP contribution in [0, 0.1) is 0 Å². The summed E-state index contributed by atoms with van der Waals surface area (Å²) in [6.45, 7) is 7.58. The Balaban J connectivity index is 1.53. The Morgan fingerprint density at radius 2 is 1.62 bits per heavy atom. The lowest BCUT2D eigenvalue weighted by Crippen LogP contribution is -2.47. The van der Waals surface area contributed by atoms with Crippen LogP contribution in [0.4, 0.5) is 5.82 Å². The minimum atomic E-state index is 0.710. The van der Waals surface area contributed by atoms with Crippen LogP contribution in [0.3, 0.4) is 0 Å². The van der Waals surface area contributed by atoms with E-state index >= 15 is 0 Å².